The molecule has 0 saturated carbocycles. The van der Waals surface area contributed by atoms with Crippen LogP contribution in [0.15, 0.2) is 47.2 Å². The van der Waals surface area contributed by atoms with Gasteiger partial charge in [-0.15, -0.1) is 0 Å². The maximum atomic E-state index is 11.1. The van der Waals surface area contributed by atoms with Crippen LogP contribution in [0.2, 0.25) is 0 Å². The van der Waals surface area contributed by atoms with Gasteiger partial charge >= 0.3 is 0 Å². The van der Waals surface area contributed by atoms with Crippen molar-refractivity contribution < 1.29 is 23.8 Å². The summed E-state index contributed by atoms with van der Waals surface area (Å²) in [5, 5.41) is 19.1. The molecule has 1 aliphatic heterocycles. The van der Waals surface area contributed by atoms with Crippen LogP contribution in [-0.2, 0) is 18.3 Å². The molecule has 3 heterocycles. The third-order valence-corrected chi connectivity index (χ3v) is 8.79. The Morgan fingerprint density at radius 1 is 1.09 bits per heavy atom. The Bertz CT molecular complexity index is 1590. The van der Waals surface area contributed by atoms with Gasteiger partial charge in [-0.1, -0.05) is 50.5 Å². The number of hydrogen-bond donors (Lipinski definition) is 2. The van der Waals surface area contributed by atoms with Crippen LogP contribution in [0.1, 0.15) is 81.6 Å². The SMILES string of the molecule is COc1cc2c(OC3CCc4c(cccc4C(O)Nc4cc(C(C)(C)C)on4)C3)ncnc2cc1OCCCN1CCCCC1. The number of ether oxygens (including phenoxy) is 3. The summed E-state index contributed by atoms with van der Waals surface area (Å²) in [6, 6.07) is 11.7. The number of hydrogen-bond acceptors (Lipinski definition) is 10. The molecule has 2 aromatic heterocycles. The minimum atomic E-state index is -0.908. The van der Waals surface area contributed by atoms with E-state index in [1.165, 1.54) is 38.7 Å². The lowest BCUT2D eigenvalue weighted by atomic mass is 9.86. The van der Waals surface area contributed by atoms with Crippen molar-refractivity contribution in [1.29, 1.82) is 0 Å². The standard InChI is InChI=1S/C35H45N5O5/c1-35(2,3)31-21-32(39-45-31)38-33(41)26-11-8-10-23-18-24(12-13-25(23)26)44-34-27-19-29(42-4)30(20-28(27)36-22-37-34)43-17-9-16-40-14-6-5-7-15-40/h8,10-11,19-22,24,33,41H,5-7,9,12-18H2,1-4H3,(H,38,39). The van der Waals surface area contributed by atoms with Crippen LogP contribution in [-0.4, -0.2) is 64.6 Å². The molecule has 10 heteroatoms. The van der Waals surface area contributed by atoms with Crippen molar-refractivity contribution >= 4 is 16.7 Å². The van der Waals surface area contributed by atoms with Crippen LogP contribution in [0.5, 0.6) is 17.4 Å². The molecule has 2 atom stereocenters. The van der Waals surface area contributed by atoms with Crippen LogP contribution < -0.4 is 19.5 Å². The number of benzene rings is 2. The molecule has 240 valence electrons. The molecule has 10 nitrogen and oxygen atoms in total. The molecule has 1 fully saturated rings. The Morgan fingerprint density at radius 2 is 1.93 bits per heavy atom. The first-order valence-corrected chi connectivity index (χ1v) is 16.2. The Morgan fingerprint density at radius 3 is 2.71 bits per heavy atom. The number of fused-ring (bicyclic) bond motifs is 2. The molecule has 2 unspecified atom stereocenters. The number of anilines is 1. The highest BCUT2D eigenvalue weighted by molar-refractivity contribution is 5.86. The van der Waals surface area contributed by atoms with E-state index in [0.29, 0.717) is 36.2 Å². The first-order valence-electron chi connectivity index (χ1n) is 16.2. The number of aromatic nitrogens is 3. The van der Waals surface area contributed by atoms with Crippen molar-refractivity contribution in [2.45, 2.75) is 83.5 Å². The van der Waals surface area contributed by atoms with E-state index in [2.05, 4.69) is 52.2 Å². The smallest absolute Gasteiger partial charge is 0.224 e. The van der Waals surface area contributed by atoms with Gasteiger partial charge in [0.05, 0.1) is 24.6 Å². The number of likely N-dealkylation sites (tertiary alicyclic amines) is 1. The van der Waals surface area contributed by atoms with Gasteiger partial charge in [0.25, 0.3) is 0 Å². The summed E-state index contributed by atoms with van der Waals surface area (Å²) in [6.45, 7) is 10.2. The van der Waals surface area contributed by atoms with Crippen molar-refractivity contribution in [3.63, 3.8) is 0 Å². The predicted octanol–water partition coefficient (Wildman–Crippen LogP) is 6.22. The molecule has 0 spiro atoms. The van der Waals surface area contributed by atoms with E-state index < -0.39 is 6.23 Å². The highest BCUT2D eigenvalue weighted by Gasteiger charge is 2.27. The van der Waals surface area contributed by atoms with Crippen LogP contribution >= 0.6 is 0 Å². The van der Waals surface area contributed by atoms with E-state index >= 15 is 0 Å². The number of nitrogens with one attached hydrogen (secondary N) is 1. The average molecular weight is 616 g/mol. The fraction of sp³-hybridized carbons (Fsp3) is 0.514. The van der Waals surface area contributed by atoms with Gasteiger partial charge in [-0.05, 0) is 62.4 Å². The van der Waals surface area contributed by atoms with Crippen LogP contribution in [0.25, 0.3) is 10.9 Å². The van der Waals surface area contributed by atoms with Crippen molar-refractivity contribution in [2.75, 3.05) is 38.7 Å². The zero-order chi connectivity index (χ0) is 31.4. The predicted molar refractivity (Wildman–Crippen MR) is 173 cm³/mol. The van der Waals surface area contributed by atoms with Crippen molar-refractivity contribution in [3.05, 3.63) is 65.2 Å². The number of aliphatic hydroxyl groups excluding tert-OH is 1. The van der Waals surface area contributed by atoms with Gasteiger partial charge in [-0.3, -0.25) is 0 Å². The average Bonchev–Trinajstić information content (AvgIpc) is 3.52. The monoisotopic (exact) mass is 615 g/mol. The quantitative estimate of drug-likeness (QED) is 0.149. The number of nitrogens with zero attached hydrogens (tertiary/aromatic N) is 4. The molecule has 1 aliphatic carbocycles. The lowest BCUT2D eigenvalue weighted by Gasteiger charge is -2.28. The van der Waals surface area contributed by atoms with Crippen molar-refractivity contribution in [2.24, 2.45) is 0 Å². The number of methoxy groups -OCH3 is 1. The topological polar surface area (TPSA) is 115 Å². The van der Waals surface area contributed by atoms with Crippen LogP contribution in [0.3, 0.4) is 0 Å². The minimum Gasteiger partial charge on any atom is -0.493 e. The van der Waals surface area contributed by atoms with E-state index in [4.69, 9.17) is 18.7 Å². The van der Waals surface area contributed by atoms with E-state index in [1.54, 1.807) is 7.11 Å². The number of piperidine rings is 1. The second kappa shape index (κ2) is 13.6. The Labute approximate surface area is 265 Å². The molecule has 2 N–H and O–H groups in total. The Hall–Kier alpha value is -3.89. The molecule has 2 aromatic carbocycles. The molecule has 0 bridgehead atoms. The molecular weight excluding hydrogens is 570 g/mol. The van der Waals surface area contributed by atoms with Crippen LogP contribution in [0.4, 0.5) is 5.82 Å². The van der Waals surface area contributed by atoms with Gasteiger partial charge in [-0.2, -0.15) is 0 Å². The maximum Gasteiger partial charge on any atom is 0.224 e. The highest BCUT2D eigenvalue weighted by Crippen LogP contribution is 2.37. The molecule has 0 radical (unpaired) electrons. The zero-order valence-electron chi connectivity index (χ0n) is 26.8. The summed E-state index contributed by atoms with van der Waals surface area (Å²) in [6.07, 6.45) is 7.71. The fourth-order valence-electron chi connectivity index (χ4n) is 6.29. The Balaban J connectivity index is 1.11. The first-order chi connectivity index (χ1) is 21.8. The zero-order valence-corrected chi connectivity index (χ0v) is 26.8. The lowest BCUT2D eigenvalue weighted by molar-refractivity contribution is 0.176. The van der Waals surface area contributed by atoms with Gasteiger partial charge in [0.2, 0.25) is 5.88 Å². The summed E-state index contributed by atoms with van der Waals surface area (Å²) in [4.78, 5) is 11.5. The van der Waals surface area contributed by atoms with Gasteiger partial charge in [0.15, 0.2) is 23.5 Å². The summed E-state index contributed by atoms with van der Waals surface area (Å²) in [7, 11) is 1.65. The summed E-state index contributed by atoms with van der Waals surface area (Å²) >= 11 is 0. The minimum absolute atomic E-state index is 0.0717. The van der Waals surface area contributed by atoms with Gasteiger partial charge in [-0.25, -0.2) is 9.97 Å². The molecule has 6 rings (SSSR count). The maximum absolute atomic E-state index is 11.1. The highest BCUT2D eigenvalue weighted by atomic mass is 16.5. The molecule has 2 aliphatic rings. The second-order valence-corrected chi connectivity index (χ2v) is 13.1. The summed E-state index contributed by atoms with van der Waals surface area (Å²) in [5.74, 6) is 3.12. The summed E-state index contributed by atoms with van der Waals surface area (Å²) < 4.78 is 23.8. The van der Waals surface area contributed by atoms with Crippen LogP contribution in [0, 0.1) is 0 Å². The number of aliphatic hydroxyl groups is 1. The summed E-state index contributed by atoms with van der Waals surface area (Å²) in [5.41, 5.74) is 3.71. The molecule has 45 heavy (non-hydrogen) atoms. The normalized spacial score (nSPS) is 17.9. The van der Waals surface area contributed by atoms with Crippen molar-refractivity contribution in [3.8, 4) is 17.4 Å². The van der Waals surface area contributed by atoms with E-state index in [-0.39, 0.29) is 11.5 Å². The van der Waals surface area contributed by atoms with Gasteiger partial charge in [0.1, 0.15) is 18.2 Å². The second-order valence-electron chi connectivity index (χ2n) is 13.1. The van der Waals surface area contributed by atoms with Crippen molar-refractivity contribution in [1.82, 2.24) is 20.0 Å². The fourth-order valence-corrected chi connectivity index (χ4v) is 6.29. The van der Waals surface area contributed by atoms with E-state index in [0.717, 1.165) is 59.2 Å². The first kappa shape index (κ1) is 31.1. The third kappa shape index (κ3) is 7.34. The van der Waals surface area contributed by atoms with E-state index in [9.17, 15) is 5.11 Å². The van der Waals surface area contributed by atoms with E-state index in [1.807, 2.05) is 30.3 Å². The largest absolute Gasteiger partial charge is 0.493 e. The Kier molecular flexibility index (Phi) is 9.42. The van der Waals surface area contributed by atoms with Gasteiger partial charge < -0.3 is 34.1 Å². The molecular formula is C35H45N5O5. The molecule has 0 amide bonds. The molecule has 1 saturated heterocycles. The lowest BCUT2D eigenvalue weighted by Crippen LogP contribution is -2.31. The van der Waals surface area contributed by atoms with Gasteiger partial charge in [0, 0.05) is 36.1 Å². The molecule has 4 aromatic rings. The third-order valence-electron chi connectivity index (χ3n) is 8.79. The number of rotatable bonds is 11.